The molecule has 0 amide bonds. The second-order valence-corrected chi connectivity index (χ2v) is 4.67. The number of benzene rings is 1. The van der Waals surface area contributed by atoms with Crippen molar-refractivity contribution in [2.75, 3.05) is 14.2 Å². The molecule has 2 N–H and O–H groups in total. The summed E-state index contributed by atoms with van der Waals surface area (Å²) in [6, 6.07) is 5.42. The van der Waals surface area contributed by atoms with Crippen LogP contribution >= 0.6 is 0 Å². The van der Waals surface area contributed by atoms with Crippen LogP contribution in [0.3, 0.4) is 0 Å². The first-order chi connectivity index (χ1) is 9.56. The SMILES string of the molecule is COc1ccc(-c2noc(C(C)C(C)N)n2)cc1OC. The largest absolute Gasteiger partial charge is 0.493 e. The standard InChI is InChI=1S/C14H19N3O3/c1-8(9(2)15)14-16-13(17-20-14)10-5-6-11(18-3)12(7-10)19-4/h5-9H,15H2,1-4H3. The third kappa shape index (κ3) is 2.75. The van der Waals surface area contributed by atoms with Gasteiger partial charge in [-0.2, -0.15) is 4.98 Å². The van der Waals surface area contributed by atoms with Crippen LogP contribution in [-0.4, -0.2) is 30.4 Å². The van der Waals surface area contributed by atoms with Gasteiger partial charge in [-0.3, -0.25) is 0 Å². The lowest BCUT2D eigenvalue weighted by Crippen LogP contribution is -2.22. The monoisotopic (exact) mass is 277 g/mol. The molecule has 1 heterocycles. The highest BCUT2D eigenvalue weighted by Gasteiger charge is 2.19. The zero-order valence-corrected chi connectivity index (χ0v) is 12.1. The Bertz CT molecular complexity index is 581. The molecule has 0 aliphatic carbocycles. The molecular formula is C14H19N3O3. The van der Waals surface area contributed by atoms with Crippen molar-refractivity contribution in [3.8, 4) is 22.9 Å². The molecule has 0 bridgehead atoms. The van der Waals surface area contributed by atoms with E-state index >= 15 is 0 Å². The fourth-order valence-corrected chi connectivity index (χ4v) is 1.74. The number of nitrogens with zero attached hydrogens (tertiary/aromatic N) is 2. The molecule has 2 rings (SSSR count). The van der Waals surface area contributed by atoms with E-state index in [9.17, 15) is 0 Å². The summed E-state index contributed by atoms with van der Waals surface area (Å²) in [5.74, 6) is 2.33. The zero-order valence-electron chi connectivity index (χ0n) is 12.1. The summed E-state index contributed by atoms with van der Waals surface area (Å²) in [4.78, 5) is 4.38. The normalized spacial score (nSPS) is 13.8. The highest BCUT2D eigenvalue weighted by Crippen LogP contribution is 2.31. The topological polar surface area (TPSA) is 83.4 Å². The molecule has 0 spiro atoms. The smallest absolute Gasteiger partial charge is 0.231 e. The molecule has 0 saturated heterocycles. The van der Waals surface area contributed by atoms with Gasteiger partial charge < -0.3 is 19.7 Å². The Labute approximate surface area is 117 Å². The number of hydrogen-bond acceptors (Lipinski definition) is 6. The second-order valence-electron chi connectivity index (χ2n) is 4.67. The summed E-state index contributed by atoms with van der Waals surface area (Å²) >= 11 is 0. The highest BCUT2D eigenvalue weighted by molar-refractivity contribution is 5.60. The van der Waals surface area contributed by atoms with Gasteiger partial charge in [-0.05, 0) is 25.1 Å². The molecule has 6 nitrogen and oxygen atoms in total. The van der Waals surface area contributed by atoms with Crippen LogP contribution in [0, 0.1) is 0 Å². The maximum Gasteiger partial charge on any atom is 0.231 e. The van der Waals surface area contributed by atoms with Crippen LogP contribution in [0.1, 0.15) is 25.7 Å². The predicted molar refractivity (Wildman–Crippen MR) is 74.9 cm³/mol. The van der Waals surface area contributed by atoms with E-state index in [1.54, 1.807) is 20.3 Å². The van der Waals surface area contributed by atoms with Crippen LogP contribution < -0.4 is 15.2 Å². The van der Waals surface area contributed by atoms with Gasteiger partial charge in [0, 0.05) is 11.6 Å². The van der Waals surface area contributed by atoms with E-state index < -0.39 is 0 Å². The lowest BCUT2D eigenvalue weighted by Gasteiger charge is -2.09. The first kappa shape index (κ1) is 14.3. The Kier molecular flexibility index (Phi) is 4.24. The number of aromatic nitrogens is 2. The van der Waals surface area contributed by atoms with Crippen molar-refractivity contribution in [1.29, 1.82) is 0 Å². The van der Waals surface area contributed by atoms with Gasteiger partial charge in [-0.1, -0.05) is 12.1 Å². The van der Waals surface area contributed by atoms with Crippen LogP contribution in [0.2, 0.25) is 0 Å². The fraction of sp³-hybridized carbons (Fsp3) is 0.429. The van der Waals surface area contributed by atoms with Crippen molar-refractivity contribution in [2.45, 2.75) is 25.8 Å². The highest BCUT2D eigenvalue weighted by atomic mass is 16.5. The van der Waals surface area contributed by atoms with E-state index in [4.69, 9.17) is 19.7 Å². The summed E-state index contributed by atoms with van der Waals surface area (Å²) in [7, 11) is 3.18. The Morgan fingerprint density at radius 3 is 2.45 bits per heavy atom. The van der Waals surface area contributed by atoms with Gasteiger partial charge in [-0.15, -0.1) is 0 Å². The van der Waals surface area contributed by atoms with Gasteiger partial charge in [0.05, 0.1) is 20.1 Å². The van der Waals surface area contributed by atoms with E-state index in [0.29, 0.717) is 23.2 Å². The molecule has 20 heavy (non-hydrogen) atoms. The lowest BCUT2D eigenvalue weighted by atomic mass is 10.1. The van der Waals surface area contributed by atoms with E-state index in [1.807, 2.05) is 26.0 Å². The van der Waals surface area contributed by atoms with Crippen molar-refractivity contribution < 1.29 is 14.0 Å². The van der Waals surface area contributed by atoms with E-state index in [2.05, 4.69) is 10.1 Å². The molecule has 1 aromatic heterocycles. The Morgan fingerprint density at radius 2 is 1.85 bits per heavy atom. The van der Waals surface area contributed by atoms with Crippen LogP contribution in [-0.2, 0) is 0 Å². The molecule has 108 valence electrons. The van der Waals surface area contributed by atoms with Crippen molar-refractivity contribution in [3.05, 3.63) is 24.1 Å². The Balaban J connectivity index is 2.33. The average Bonchev–Trinajstić information content (AvgIpc) is 2.95. The molecule has 0 radical (unpaired) electrons. The van der Waals surface area contributed by atoms with Crippen molar-refractivity contribution in [1.82, 2.24) is 10.1 Å². The van der Waals surface area contributed by atoms with Gasteiger partial charge in [-0.25, -0.2) is 0 Å². The molecule has 1 aromatic carbocycles. The van der Waals surface area contributed by atoms with Crippen LogP contribution in [0.4, 0.5) is 0 Å². The first-order valence-corrected chi connectivity index (χ1v) is 6.38. The van der Waals surface area contributed by atoms with Crippen LogP contribution in [0.5, 0.6) is 11.5 Å². The molecule has 0 aliphatic rings. The molecule has 2 atom stereocenters. The zero-order chi connectivity index (χ0) is 14.7. The van der Waals surface area contributed by atoms with Crippen LogP contribution in [0.15, 0.2) is 22.7 Å². The first-order valence-electron chi connectivity index (χ1n) is 6.38. The maximum absolute atomic E-state index is 5.84. The van der Waals surface area contributed by atoms with Crippen molar-refractivity contribution in [3.63, 3.8) is 0 Å². The number of methoxy groups -OCH3 is 2. The minimum Gasteiger partial charge on any atom is -0.493 e. The molecule has 2 unspecified atom stereocenters. The predicted octanol–water partition coefficient (Wildman–Crippen LogP) is 2.20. The summed E-state index contributed by atoms with van der Waals surface area (Å²) in [6.45, 7) is 3.86. The quantitative estimate of drug-likeness (QED) is 0.902. The molecule has 0 saturated carbocycles. The van der Waals surface area contributed by atoms with Gasteiger partial charge in [0.2, 0.25) is 11.7 Å². The molecule has 0 aliphatic heterocycles. The Hall–Kier alpha value is -2.08. The lowest BCUT2D eigenvalue weighted by molar-refractivity contribution is 0.346. The fourth-order valence-electron chi connectivity index (χ4n) is 1.74. The number of hydrogen-bond donors (Lipinski definition) is 1. The second kappa shape index (κ2) is 5.92. The van der Waals surface area contributed by atoms with Gasteiger partial charge >= 0.3 is 0 Å². The van der Waals surface area contributed by atoms with Gasteiger partial charge in [0.25, 0.3) is 0 Å². The number of nitrogens with two attached hydrogens (primary N) is 1. The number of rotatable bonds is 5. The van der Waals surface area contributed by atoms with E-state index in [0.717, 1.165) is 5.56 Å². The van der Waals surface area contributed by atoms with E-state index in [1.165, 1.54) is 0 Å². The van der Waals surface area contributed by atoms with E-state index in [-0.39, 0.29) is 12.0 Å². The molecule has 6 heteroatoms. The van der Waals surface area contributed by atoms with Gasteiger partial charge in [0.15, 0.2) is 11.5 Å². The Morgan fingerprint density at radius 1 is 1.15 bits per heavy atom. The van der Waals surface area contributed by atoms with Crippen molar-refractivity contribution >= 4 is 0 Å². The third-order valence-electron chi connectivity index (χ3n) is 3.26. The average molecular weight is 277 g/mol. The van der Waals surface area contributed by atoms with Crippen LogP contribution in [0.25, 0.3) is 11.4 Å². The summed E-state index contributed by atoms with van der Waals surface area (Å²) in [6.07, 6.45) is 0. The number of ether oxygens (including phenoxy) is 2. The van der Waals surface area contributed by atoms with Gasteiger partial charge in [0.1, 0.15) is 0 Å². The molecule has 0 fully saturated rings. The summed E-state index contributed by atoms with van der Waals surface area (Å²) in [5.41, 5.74) is 6.64. The summed E-state index contributed by atoms with van der Waals surface area (Å²) < 4.78 is 15.7. The van der Waals surface area contributed by atoms with Crippen molar-refractivity contribution in [2.24, 2.45) is 5.73 Å². The minimum absolute atomic E-state index is 0.0105. The third-order valence-corrected chi connectivity index (χ3v) is 3.26. The maximum atomic E-state index is 5.84. The molecule has 2 aromatic rings. The minimum atomic E-state index is -0.0475. The molecular weight excluding hydrogens is 258 g/mol. The summed E-state index contributed by atoms with van der Waals surface area (Å²) in [5, 5.41) is 3.98.